The Bertz CT molecular complexity index is 1280. The molecular formula is C24H30ClFN4O3S2. The number of amides is 1. The molecule has 0 radical (unpaired) electrons. The minimum Gasteiger partial charge on any atom is -0.308 e. The number of hydrogen-bond acceptors (Lipinski definition) is 6. The van der Waals surface area contributed by atoms with Crippen molar-refractivity contribution in [3.8, 4) is 0 Å². The number of hydrogen-bond donors (Lipinski definition) is 0. The van der Waals surface area contributed by atoms with Crippen LogP contribution >= 0.6 is 23.7 Å². The third kappa shape index (κ3) is 6.00. The maximum absolute atomic E-state index is 14.2. The van der Waals surface area contributed by atoms with Crippen LogP contribution in [-0.2, 0) is 10.0 Å². The molecule has 1 amide bonds. The van der Waals surface area contributed by atoms with Gasteiger partial charge in [-0.25, -0.2) is 17.8 Å². The standard InChI is InChI=1S/C24H29FN4O3S2.ClH/c1-17-6-5-13-28(16-17)34(31,32)19-11-9-18(10-12-19)23(30)29(15-14-27(2)3)24-26-22-20(25)7-4-8-21(22)33-24;/h4,7-12,17H,5-6,13-16H2,1-3H3;1H. The molecule has 0 spiro atoms. The lowest BCUT2D eigenvalue weighted by atomic mass is 10.0. The Balaban J connectivity index is 0.00000342. The molecule has 1 atom stereocenters. The molecule has 11 heteroatoms. The fraction of sp³-hybridized carbons (Fsp3) is 0.417. The zero-order valence-corrected chi connectivity index (χ0v) is 22.4. The molecule has 0 aliphatic carbocycles. The first-order valence-electron chi connectivity index (χ1n) is 11.3. The van der Waals surface area contributed by atoms with Crippen molar-refractivity contribution >= 4 is 55.0 Å². The first-order valence-corrected chi connectivity index (χ1v) is 13.5. The summed E-state index contributed by atoms with van der Waals surface area (Å²) in [6.07, 6.45) is 1.87. The van der Waals surface area contributed by atoms with E-state index in [1.807, 2.05) is 19.0 Å². The van der Waals surface area contributed by atoms with Gasteiger partial charge in [0.1, 0.15) is 11.3 Å². The predicted octanol–water partition coefficient (Wildman–Crippen LogP) is 4.49. The molecule has 4 rings (SSSR count). The lowest BCUT2D eigenvalue weighted by molar-refractivity contribution is 0.0985. The molecule has 1 fully saturated rings. The number of likely N-dealkylation sites (N-methyl/N-ethyl adjacent to an activating group) is 1. The maximum Gasteiger partial charge on any atom is 0.260 e. The molecule has 2 aromatic carbocycles. The van der Waals surface area contributed by atoms with E-state index < -0.39 is 15.8 Å². The van der Waals surface area contributed by atoms with E-state index in [4.69, 9.17) is 0 Å². The maximum atomic E-state index is 14.2. The highest BCUT2D eigenvalue weighted by atomic mass is 35.5. The van der Waals surface area contributed by atoms with Crippen molar-refractivity contribution in [1.29, 1.82) is 0 Å². The average molecular weight is 541 g/mol. The van der Waals surface area contributed by atoms with Crippen LogP contribution in [-0.4, -0.2) is 68.8 Å². The van der Waals surface area contributed by atoms with Crippen LogP contribution in [0.15, 0.2) is 47.4 Å². The lowest BCUT2D eigenvalue weighted by Gasteiger charge is -2.30. The summed E-state index contributed by atoms with van der Waals surface area (Å²) in [5, 5.41) is 0.408. The van der Waals surface area contributed by atoms with Crippen molar-refractivity contribution < 1.29 is 17.6 Å². The van der Waals surface area contributed by atoms with Gasteiger partial charge in [0.2, 0.25) is 10.0 Å². The van der Waals surface area contributed by atoms with Crippen LogP contribution in [0.3, 0.4) is 0 Å². The summed E-state index contributed by atoms with van der Waals surface area (Å²) in [5.74, 6) is -0.410. The molecule has 1 unspecified atom stereocenters. The third-order valence-corrected chi connectivity index (χ3v) is 8.89. The molecular weight excluding hydrogens is 511 g/mol. The van der Waals surface area contributed by atoms with Gasteiger partial charge in [0, 0.05) is 31.7 Å². The van der Waals surface area contributed by atoms with Crippen molar-refractivity contribution in [1.82, 2.24) is 14.2 Å². The van der Waals surface area contributed by atoms with Crippen LogP contribution in [0, 0.1) is 11.7 Å². The van der Waals surface area contributed by atoms with Gasteiger partial charge in [0.25, 0.3) is 5.91 Å². The molecule has 1 aliphatic heterocycles. The zero-order valence-electron chi connectivity index (χ0n) is 20.0. The minimum atomic E-state index is -3.60. The molecule has 0 N–H and O–H groups in total. The van der Waals surface area contributed by atoms with Crippen LogP contribution in [0.2, 0.25) is 0 Å². The Morgan fingerprint density at radius 1 is 1.17 bits per heavy atom. The summed E-state index contributed by atoms with van der Waals surface area (Å²) in [7, 11) is 0.206. The SMILES string of the molecule is CC1CCCN(S(=O)(=O)c2ccc(C(=O)N(CCN(C)C)c3nc4c(F)cccc4s3)cc2)C1.Cl. The monoisotopic (exact) mass is 540 g/mol. The summed E-state index contributed by atoms with van der Waals surface area (Å²) >= 11 is 1.25. The van der Waals surface area contributed by atoms with E-state index in [1.54, 1.807) is 24.3 Å². The Hall–Kier alpha value is -2.11. The van der Waals surface area contributed by atoms with Gasteiger partial charge in [0.05, 0.1) is 9.60 Å². The summed E-state index contributed by atoms with van der Waals surface area (Å²) in [6, 6.07) is 10.8. The first kappa shape index (κ1) is 27.5. The lowest BCUT2D eigenvalue weighted by Crippen LogP contribution is -2.39. The fourth-order valence-corrected chi connectivity index (χ4v) is 6.64. The van der Waals surface area contributed by atoms with Crippen molar-refractivity contribution in [3.63, 3.8) is 0 Å². The summed E-state index contributed by atoms with van der Waals surface area (Å²) < 4.78 is 42.5. The minimum absolute atomic E-state index is 0. The quantitative estimate of drug-likeness (QED) is 0.441. The number of sulfonamides is 1. The number of piperidine rings is 1. The van der Waals surface area contributed by atoms with E-state index in [1.165, 1.54) is 38.7 Å². The van der Waals surface area contributed by atoms with Crippen LogP contribution in [0.25, 0.3) is 10.2 Å². The number of carbonyl (C=O) groups excluding carboxylic acids is 1. The highest BCUT2D eigenvalue weighted by Crippen LogP contribution is 2.31. The largest absolute Gasteiger partial charge is 0.308 e. The van der Waals surface area contributed by atoms with Crippen LogP contribution in [0.4, 0.5) is 9.52 Å². The number of nitrogens with zero attached hydrogens (tertiary/aromatic N) is 4. The molecule has 1 aromatic heterocycles. The topological polar surface area (TPSA) is 73.8 Å². The van der Waals surface area contributed by atoms with Gasteiger partial charge in [-0.3, -0.25) is 9.69 Å². The molecule has 7 nitrogen and oxygen atoms in total. The first-order chi connectivity index (χ1) is 16.2. The summed E-state index contributed by atoms with van der Waals surface area (Å²) in [4.78, 5) is 21.5. The second kappa shape index (κ2) is 11.3. The van der Waals surface area contributed by atoms with E-state index in [-0.39, 0.29) is 28.7 Å². The van der Waals surface area contributed by atoms with Gasteiger partial charge in [-0.15, -0.1) is 12.4 Å². The number of anilines is 1. The smallest absolute Gasteiger partial charge is 0.260 e. The van der Waals surface area contributed by atoms with Crippen molar-refractivity contribution in [2.45, 2.75) is 24.7 Å². The van der Waals surface area contributed by atoms with Gasteiger partial charge < -0.3 is 4.90 Å². The summed E-state index contributed by atoms with van der Waals surface area (Å²) in [6.45, 7) is 4.03. The molecule has 3 aromatic rings. The molecule has 1 aliphatic rings. The van der Waals surface area contributed by atoms with Gasteiger partial charge in [-0.05, 0) is 69.3 Å². The molecule has 2 heterocycles. The van der Waals surface area contributed by atoms with Gasteiger partial charge in [0.15, 0.2) is 5.13 Å². The molecule has 190 valence electrons. The fourth-order valence-electron chi connectivity index (χ4n) is 4.04. The Morgan fingerprint density at radius 2 is 1.89 bits per heavy atom. The number of benzene rings is 2. The number of fused-ring (bicyclic) bond motifs is 1. The highest BCUT2D eigenvalue weighted by Gasteiger charge is 2.29. The Labute approximate surface area is 216 Å². The van der Waals surface area contributed by atoms with E-state index in [0.717, 1.165) is 12.8 Å². The van der Waals surface area contributed by atoms with Crippen LogP contribution in [0.5, 0.6) is 0 Å². The molecule has 0 bridgehead atoms. The number of rotatable bonds is 7. The second-order valence-corrected chi connectivity index (χ2v) is 11.9. The predicted molar refractivity (Wildman–Crippen MR) is 141 cm³/mol. The third-order valence-electron chi connectivity index (χ3n) is 5.96. The number of thiazole rings is 1. The van der Waals surface area contributed by atoms with E-state index >= 15 is 0 Å². The Kier molecular flexibility index (Phi) is 8.87. The van der Waals surface area contributed by atoms with E-state index in [0.29, 0.717) is 47.5 Å². The Morgan fingerprint density at radius 3 is 2.51 bits per heavy atom. The van der Waals surface area contributed by atoms with Crippen molar-refractivity contribution in [3.05, 3.63) is 53.8 Å². The molecule has 1 saturated heterocycles. The number of para-hydroxylation sites is 1. The van der Waals surface area contributed by atoms with Gasteiger partial charge >= 0.3 is 0 Å². The average Bonchev–Trinajstić information content (AvgIpc) is 3.24. The summed E-state index contributed by atoms with van der Waals surface area (Å²) in [5.41, 5.74) is 0.590. The number of carbonyl (C=O) groups is 1. The van der Waals surface area contributed by atoms with Gasteiger partial charge in [-0.1, -0.05) is 24.3 Å². The zero-order chi connectivity index (χ0) is 24.5. The van der Waals surface area contributed by atoms with Crippen LogP contribution < -0.4 is 4.90 Å². The van der Waals surface area contributed by atoms with E-state index in [2.05, 4.69) is 11.9 Å². The van der Waals surface area contributed by atoms with Crippen molar-refractivity contribution in [2.24, 2.45) is 5.92 Å². The van der Waals surface area contributed by atoms with E-state index in [9.17, 15) is 17.6 Å². The molecule has 35 heavy (non-hydrogen) atoms. The van der Waals surface area contributed by atoms with Crippen molar-refractivity contribution in [2.75, 3.05) is 45.2 Å². The van der Waals surface area contributed by atoms with Crippen LogP contribution in [0.1, 0.15) is 30.1 Å². The number of aromatic nitrogens is 1. The second-order valence-electron chi connectivity index (χ2n) is 8.98. The molecule has 0 saturated carbocycles. The number of halogens is 2. The highest BCUT2D eigenvalue weighted by molar-refractivity contribution is 7.89. The normalized spacial score (nSPS) is 16.9. The van der Waals surface area contributed by atoms with Gasteiger partial charge in [-0.2, -0.15) is 4.31 Å².